The van der Waals surface area contributed by atoms with Crippen molar-refractivity contribution in [1.29, 1.82) is 0 Å². The van der Waals surface area contributed by atoms with Crippen molar-refractivity contribution >= 4 is 43.7 Å². The highest BCUT2D eigenvalue weighted by molar-refractivity contribution is 7.91. The van der Waals surface area contributed by atoms with Gasteiger partial charge in [0.05, 0.1) is 17.1 Å². The molecule has 3 aromatic rings. The number of carboxylic acid groups (broad SMARTS) is 1. The number of carbonyl (C=O) groups is 2. The van der Waals surface area contributed by atoms with Crippen LogP contribution in [-0.4, -0.2) is 43.5 Å². The molecule has 1 aliphatic heterocycles. The van der Waals surface area contributed by atoms with E-state index in [4.69, 9.17) is 0 Å². The Kier molecular flexibility index (Phi) is 7.35. The predicted octanol–water partition coefficient (Wildman–Crippen LogP) is 5.21. The van der Waals surface area contributed by atoms with Crippen LogP contribution >= 0.6 is 11.3 Å². The number of nitrogens with one attached hydrogen (secondary N) is 2. The fourth-order valence-electron chi connectivity index (χ4n) is 5.27. The zero-order valence-electron chi connectivity index (χ0n) is 20.4. The summed E-state index contributed by atoms with van der Waals surface area (Å²) in [5.74, 6) is -0.469. The number of aromatic carboxylic acids is 1. The number of carboxylic acids is 1. The molecule has 37 heavy (non-hydrogen) atoms. The van der Waals surface area contributed by atoms with Crippen molar-refractivity contribution < 1.29 is 23.1 Å². The number of fused-ring (bicyclic) bond motifs is 1. The molecule has 2 heterocycles. The number of aryl methyl sites for hydroxylation is 1. The average Bonchev–Trinajstić information content (AvgIpc) is 3.32. The second-order valence-corrected chi connectivity index (χ2v) is 13.1. The van der Waals surface area contributed by atoms with Crippen LogP contribution in [0.25, 0.3) is 0 Å². The summed E-state index contributed by atoms with van der Waals surface area (Å²) >= 11 is 1.26. The first-order valence-electron chi connectivity index (χ1n) is 12.6. The minimum atomic E-state index is -2.87. The molecule has 0 bridgehead atoms. The summed E-state index contributed by atoms with van der Waals surface area (Å²) < 4.78 is 23.2. The lowest BCUT2D eigenvalue weighted by molar-refractivity contribution is 0.0696. The van der Waals surface area contributed by atoms with Gasteiger partial charge in [-0.1, -0.05) is 24.3 Å². The zero-order valence-corrected chi connectivity index (χ0v) is 22.0. The Morgan fingerprint density at radius 1 is 0.973 bits per heavy atom. The molecule has 1 aromatic heterocycles. The SMILES string of the molecule is O=C(Nc1scc(C2CCc3ccccc3C2)c1C(=O)O)c1ccc(NCC2CCS(=O)(=O)CC2)cc1. The van der Waals surface area contributed by atoms with Crippen molar-refractivity contribution in [3.05, 3.63) is 81.7 Å². The average molecular weight is 539 g/mol. The maximum Gasteiger partial charge on any atom is 0.339 e. The minimum Gasteiger partial charge on any atom is -0.478 e. The monoisotopic (exact) mass is 538 g/mol. The Morgan fingerprint density at radius 3 is 2.38 bits per heavy atom. The number of sulfone groups is 1. The van der Waals surface area contributed by atoms with Crippen molar-refractivity contribution in [2.45, 2.75) is 38.0 Å². The quantitative estimate of drug-likeness (QED) is 0.381. The summed E-state index contributed by atoms with van der Waals surface area (Å²) in [6.45, 7) is 0.687. The van der Waals surface area contributed by atoms with Crippen LogP contribution < -0.4 is 10.6 Å². The smallest absolute Gasteiger partial charge is 0.339 e. The predicted molar refractivity (Wildman–Crippen MR) is 147 cm³/mol. The van der Waals surface area contributed by atoms with Crippen molar-refractivity contribution in [3.63, 3.8) is 0 Å². The molecular weight excluding hydrogens is 508 g/mol. The summed E-state index contributed by atoms with van der Waals surface area (Å²) in [7, 11) is -2.87. The molecule has 9 heteroatoms. The van der Waals surface area contributed by atoms with Gasteiger partial charge < -0.3 is 15.7 Å². The van der Waals surface area contributed by atoms with Crippen molar-refractivity contribution in [3.8, 4) is 0 Å². The van der Waals surface area contributed by atoms with Crippen LogP contribution in [0.3, 0.4) is 0 Å². The van der Waals surface area contributed by atoms with Gasteiger partial charge in [-0.3, -0.25) is 4.79 Å². The van der Waals surface area contributed by atoms with Gasteiger partial charge in [0.15, 0.2) is 0 Å². The number of hydrogen-bond acceptors (Lipinski definition) is 6. The van der Waals surface area contributed by atoms with Crippen LogP contribution in [0.15, 0.2) is 53.9 Å². The van der Waals surface area contributed by atoms with Crippen LogP contribution in [0.5, 0.6) is 0 Å². The molecule has 3 N–H and O–H groups in total. The number of amides is 1. The molecule has 5 rings (SSSR count). The summed E-state index contributed by atoms with van der Waals surface area (Å²) in [6, 6.07) is 15.3. The lowest BCUT2D eigenvalue weighted by atomic mass is 9.80. The van der Waals surface area contributed by atoms with Crippen molar-refractivity contribution in [2.24, 2.45) is 5.92 Å². The number of hydrogen-bond donors (Lipinski definition) is 3. The van der Waals surface area contributed by atoms with E-state index in [0.717, 1.165) is 30.5 Å². The lowest BCUT2D eigenvalue weighted by Gasteiger charge is -2.24. The van der Waals surface area contributed by atoms with E-state index in [0.29, 0.717) is 35.9 Å². The van der Waals surface area contributed by atoms with Crippen molar-refractivity contribution in [2.75, 3.05) is 28.7 Å². The number of carbonyl (C=O) groups excluding carboxylic acids is 1. The maximum absolute atomic E-state index is 12.9. The van der Waals surface area contributed by atoms with E-state index >= 15 is 0 Å². The van der Waals surface area contributed by atoms with Crippen molar-refractivity contribution in [1.82, 2.24) is 0 Å². The van der Waals surface area contributed by atoms with E-state index in [1.54, 1.807) is 12.1 Å². The van der Waals surface area contributed by atoms with Gasteiger partial charge in [0, 0.05) is 17.8 Å². The van der Waals surface area contributed by atoms with Crippen LogP contribution in [0.2, 0.25) is 0 Å². The molecule has 1 fully saturated rings. The highest BCUT2D eigenvalue weighted by atomic mass is 32.2. The second-order valence-electron chi connectivity index (χ2n) is 9.92. The lowest BCUT2D eigenvalue weighted by Crippen LogP contribution is -2.27. The van der Waals surface area contributed by atoms with E-state index < -0.39 is 15.8 Å². The summed E-state index contributed by atoms with van der Waals surface area (Å²) in [5, 5.41) is 18.4. The van der Waals surface area contributed by atoms with E-state index in [1.807, 2.05) is 29.6 Å². The highest BCUT2D eigenvalue weighted by Gasteiger charge is 2.28. The maximum atomic E-state index is 12.9. The third-order valence-electron chi connectivity index (χ3n) is 7.46. The number of thiophene rings is 1. The third kappa shape index (κ3) is 5.88. The van der Waals surface area contributed by atoms with Crippen LogP contribution in [0.1, 0.15) is 62.6 Å². The molecule has 0 saturated carbocycles. The number of benzene rings is 2. The molecule has 194 valence electrons. The molecule has 1 aliphatic carbocycles. The first-order valence-corrected chi connectivity index (χ1v) is 15.3. The van der Waals surface area contributed by atoms with Gasteiger partial charge in [-0.05, 0) is 90.3 Å². The molecular formula is C28H30N2O5S2. The molecule has 0 radical (unpaired) electrons. The third-order valence-corrected chi connectivity index (χ3v) is 10.1. The molecule has 1 amide bonds. The Hall–Kier alpha value is -3.17. The van der Waals surface area contributed by atoms with Gasteiger partial charge in [0.1, 0.15) is 14.8 Å². The van der Waals surface area contributed by atoms with Gasteiger partial charge in [0.25, 0.3) is 5.91 Å². The first kappa shape index (κ1) is 25.5. The number of rotatable bonds is 7. The minimum absolute atomic E-state index is 0.109. The summed E-state index contributed by atoms with van der Waals surface area (Å²) in [4.78, 5) is 25.1. The largest absolute Gasteiger partial charge is 0.478 e. The van der Waals surface area contributed by atoms with E-state index in [2.05, 4.69) is 22.8 Å². The Bertz CT molecular complexity index is 1400. The zero-order chi connectivity index (χ0) is 26.0. The molecule has 1 atom stereocenters. The van der Waals surface area contributed by atoms with Gasteiger partial charge in [-0.25, -0.2) is 13.2 Å². The Labute approximate surface area is 220 Å². The van der Waals surface area contributed by atoms with Crippen LogP contribution in [0.4, 0.5) is 10.7 Å². The first-order chi connectivity index (χ1) is 17.8. The van der Waals surface area contributed by atoms with Crippen LogP contribution in [-0.2, 0) is 22.7 Å². The van der Waals surface area contributed by atoms with Gasteiger partial charge in [-0.2, -0.15) is 0 Å². The molecule has 2 aliphatic rings. The highest BCUT2D eigenvalue weighted by Crippen LogP contribution is 2.40. The summed E-state index contributed by atoms with van der Waals surface area (Å²) in [5.41, 5.74) is 4.85. The Morgan fingerprint density at radius 2 is 1.68 bits per heavy atom. The summed E-state index contributed by atoms with van der Waals surface area (Å²) in [6.07, 6.45) is 3.92. The molecule has 1 saturated heterocycles. The Balaban J connectivity index is 1.23. The van der Waals surface area contributed by atoms with Crippen LogP contribution in [0, 0.1) is 5.92 Å². The molecule has 2 aromatic carbocycles. The van der Waals surface area contributed by atoms with Gasteiger partial charge in [-0.15, -0.1) is 11.3 Å². The molecule has 7 nitrogen and oxygen atoms in total. The fraction of sp³-hybridized carbons (Fsp3) is 0.357. The fourth-order valence-corrected chi connectivity index (χ4v) is 7.89. The van der Waals surface area contributed by atoms with E-state index in [-0.39, 0.29) is 28.9 Å². The standard InChI is InChI=1S/C28H30N2O5S2/c31-26(20-7-9-23(10-8-20)29-16-18-11-13-37(34,35)14-12-18)30-27-25(28(32)33)24(17-36-27)22-6-5-19-3-1-2-4-21(19)15-22/h1-4,7-10,17-18,22,29H,5-6,11-16H2,(H,30,31)(H,32,33). The molecule has 1 unspecified atom stereocenters. The van der Waals surface area contributed by atoms with Gasteiger partial charge in [0.2, 0.25) is 0 Å². The van der Waals surface area contributed by atoms with Gasteiger partial charge >= 0.3 is 5.97 Å². The molecule has 0 spiro atoms. The number of anilines is 2. The van der Waals surface area contributed by atoms with E-state index in [1.165, 1.54) is 22.5 Å². The normalized spacial score (nSPS) is 19.1. The van der Waals surface area contributed by atoms with E-state index in [9.17, 15) is 23.1 Å². The topological polar surface area (TPSA) is 113 Å². The second kappa shape index (κ2) is 10.7.